The van der Waals surface area contributed by atoms with E-state index < -0.39 is 0 Å². The lowest BCUT2D eigenvalue weighted by Gasteiger charge is -2.09. The molecule has 0 radical (unpaired) electrons. The Morgan fingerprint density at radius 2 is 1.85 bits per heavy atom. The van der Waals surface area contributed by atoms with Crippen LogP contribution in [0.25, 0.3) is 22.6 Å². The van der Waals surface area contributed by atoms with Crippen LogP contribution in [0.1, 0.15) is 5.56 Å². The fourth-order valence-corrected chi connectivity index (χ4v) is 2.50. The van der Waals surface area contributed by atoms with Crippen molar-refractivity contribution < 1.29 is 4.42 Å². The number of allylic oxidation sites excluding steroid dienone is 2. The van der Waals surface area contributed by atoms with Gasteiger partial charge in [-0.25, -0.2) is 4.98 Å². The molecule has 0 aliphatic rings. The number of benzene rings is 2. The third-order valence-corrected chi connectivity index (χ3v) is 3.91. The molecule has 0 saturated carbocycles. The van der Waals surface area contributed by atoms with E-state index in [-0.39, 0.29) is 11.3 Å². The molecule has 6 nitrogen and oxygen atoms in total. The van der Waals surface area contributed by atoms with E-state index in [4.69, 9.17) is 26.5 Å². The summed E-state index contributed by atoms with van der Waals surface area (Å²) in [6.45, 7) is 1.84. The first-order valence-corrected chi connectivity index (χ1v) is 7.82. The predicted octanol–water partition coefficient (Wildman–Crippen LogP) is 4.69. The molecule has 26 heavy (non-hydrogen) atoms. The Morgan fingerprint density at radius 3 is 2.54 bits per heavy atom. The Bertz CT molecular complexity index is 1160. The van der Waals surface area contributed by atoms with Gasteiger partial charge >= 0.3 is 0 Å². The number of oxazole rings is 1. The molecular weight excluding hydrogens is 350 g/mol. The lowest BCUT2D eigenvalue weighted by Crippen LogP contribution is -2.02. The predicted molar refractivity (Wildman–Crippen MR) is 96.7 cm³/mol. The van der Waals surface area contributed by atoms with Crippen molar-refractivity contribution in [3.63, 3.8) is 0 Å². The normalized spacial score (nSPS) is 9.81. The minimum atomic E-state index is -0.284. The zero-order valence-electron chi connectivity index (χ0n) is 13.5. The summed E-state index contributed by atoms with van der Waals surface area (Å²) in [6, 6.07) is 15.8. The average Bonchev–Trinajstić information content (AvgIpc) is 3.06. The second-order valence-corrected chi connectivity index (χ2v) is 5.81. The summed E-state index contributed by atoms with van der Waals surface area (Å²) in [4.78, 5) is 4.42. The molecule has 1 heterocycles. The highest BCUT2D eigenvalue weighted by atomic mass is 35.5. The van der Waals surface area contributed by atoms with Crippen LogP contribution in [0.15, 0.2) is 52.1 Å². The number of nitriles is 3. The van der Waals surface area contributed by atoms with Crippen molar-refractivity contribution >= 4 is 28.4 Å². The first-order valence-electron chi connectivity index (χ1n) is 7.44. The minimum Gasteiger partial charge on any atom is -0.436 e. The number of anilines is 1. The third-order valence-electron chi connectivity index (χ3n) is 3.68. The number of rotatable bonds is 3. The molecule has 0 fully saturated rings. The van der Waals surface area contributed by atoms with E-state index in [0.29, 0.717) is 33.3 Å². The Labute approximate surface area is 154 Å². The van der Waals surface area contributed by atoms with E-state index in [2.05, 4.69) is 10.3 Å². The maximum Gasteiger partial charge on any atom is 0.227 e. The van der Waals surface area contributed by atoms with Crippen LogP contribution >= 0.6 is 11.6 Å². The van der Waals surface area contributed by atoms with E-state index in [0.717, 1.165) is 5.56 Å². The number of hydrogen-bond acceptors (Lipinski definition) is 6. The standard InChI is InChI=1S/C19H10ClN5O/c1-11-2-3-12(6-15(11)24-17(10-23)13(8-21)9-22)19-25-16-7-14(20)4-5-18(16)26-19/h2-7,24H,1H3. The van der Waals surface area contributed by atoms with Gasteiger partial charge in [0.15, 0.2) is 11.2 Å². The van der Waals surface area contributed by atoms with Gasteiger partial charge in [0.1, 0.15) is 29.4 Å². The van der Waals surface area contributed by atoms with E-state index in [9.17, 15) is 5.26 Å². The highest BCUT2D eigenvalue weighted by molar-refractivity contribution is 6.31. The quantitative estimate of drug-likeness (QED) is 0.679. The molecule has 124 valence electrons. The number of aromatic nitrogens is 1. The Morgan fingerprint density at radius 1 is 1.08 bits per heavy atom. The molecule has 3 rings (SSSR count). The lowest BCUT2D eigenvalue weighted by atomic mass is 10.1. The Hall–Kier alpha value is -3.79. The molecule has 0 saturated heterocycles. The second kappa shape index (κ2) is 6.99. The summed E-state index contributed by atoms with van der Waals surface area (Å²) in [5, 5.41) is 30.5. The lowest BCUT2D eigenvalue weighted by molar-refractivity contribution is 0.620. The van der Waals surface area contributed by atoms with Gasteiger partial charge in [-0.15, -0.1) is 0 Å². The van der Waals surface area contributed by atoms with Crippen molar-refractivity contribution in [1.82, 2.24) is 4.98 Å². The number of aryl methyl sites for hydroxylation is 1. The molecule has 0 spiro atoms. The van der Waals surface area contributed by atoms with Crippen molar-refractivity contribution in [1.29, 1.82) is 15.8 Å². The number of fused-ring (bicyclic) bond motifs is 1. The molecular formula is C19H10ClN5O. The molecule has 0 bridgehead atoms. The smallest absolute Gasteiger partial charge is 0.227 e. The maximum absolute atomic E-state index is 9.20. The summed E-state index contributed by atoms with van der Waals surface area (Å²) in [6.07, 6.45) is 0. The van der Waals surface area contributed by atoms with Gasteiger partial charge in [0.25, 0.3) is 0 Å². The van der Waals surface area contributed by atoms with Crippen molar-refractivity contribution in [2.75, 3.05) is 5.32 Å². The minimum absolute atomic E-state index is 0.111. The van der Waals surface area contributed by atoms with Gasteiger partial charge in [0, 0.05) is 16.3 Å². The Balaban J connectivity index is 2.05. The van der Waals surface area contributed by atoms with Crippen molar-refractivity contribution in [3.8, 4) is 29.7 Å². The summed E-state index contributed by atoms with van der Waals surface area (Å²) in [5.74, 6) is 0.397. The zero-order chi connectivity index (χ0) is 18.7. The van der Waals surface area contributed by atoms with Crippen molar-refractivity contribution in [2.45, 2.75) is 6.92 Å². The molecule has 3 aromatic rings. The number of nitrogens with zero attached hydrogens (tertiary/aromatic N) is 4. The maximum atomic E-state index is 9.20. The van der Waals surface area contributed by atoms with Crippen molar-refractivity contribution in [2.24, 2.45) is 0 Å². The molecule has 2 aromatic carbocycles. The largest absolute Gasteiger partial charge is 0.436 e. The average molecular weight is 360 g/mol. The van der Waals surface area contributed by atoms with Gasteiger partial charge in [0.05, 0.1) is 0 Å². The summed E-state index contributed by atoms with van der Waals surface area (Å²) < 4.78 is 5.75. The molecule has 0 aliphatic carbocycles. The molecule has 0 amide bonds. The summed E-state index contributed by atoms with van der Waals surface area (Å²) >= 11 is 5.97. The van der Waals surface area contributed by atoms with Crippen LogP contribution in [0.4, 0.5) is 5.69 Å². The van der Waals surface area contributed by atoms with Crippen molar-refractivity contribution in [3.05, 3.63) is 58.3 Å². The van der Waals surface area contributed by atoms with Gasteiger partial charge in [-0.1, -0.05) is 17.7 Å². The van der Waals surface area contributed by atoms with Gasteiger partial charge < -0.3 is 9.73 Å². The van der Waals surface area contributed by atoms with Crippen LogP contribution in [0, 0.1) is 40.9 Å². The van der Waals surface area contributed by atoms with Crippen LogP contribution in [0.3, 0.4) is 0 Å². The SMILES string of the molecule is Cc1ccc(-c2nc3cc(Cl)ccc3o2)cc1NC(C#N)=C(C#N)C#N. The van der Waals surface area contributed by atoms with Crippen LogP contribution in [-0.2, 0) is 0 Å². The van der Waals surface area contributed by atoms with Crippen LogP contribution in [-0.4, -0.2) is 4.98 Å². The van der Waals surface area contributed by atoms with E-state index in [1.807, 2.05) is 25.1 Å². The fraction of sp³-hybridized carbons (Fsp3) is 0.0526. The molecule has 1 aromatic heterocycles. The van der Waals surface area contributed by atoms with Gasteiger partial charge in [-0.2, -0.15) is 15.8 Å². The van der Waals surface area contributed by atoms with Crippen LogP contribution < -0.4 is 5.32 Å². The summed E-state index contributed by atoms with van der Waals surface area (Å²) in [5.41, 5.74) is 2.93. The monoisotopic (exact) mass is 359 g/mol. The molecule has 1 N–H and O–H groups in total. The van der Waals surface area contributed by atoms with Crippen LogP contribution in [0.5, 0.6) is 0 Å². The molecule has 0 aliphatic heterocycles. The molecule has 0 unspecified atom stereocenters. The second-order valence-electron chi connectivity index (χ2n) is 5.37. The van der Waals surface area contributed by atoms with E-state index in [1.165, 1.54) is 0 Å². The summed E-state index contributed by atoms with van der Waals surface area (Å²) in [7, 11) is 0. The highest BCUT2D eigenvalue weighted by Crippen LogP contribution is 2.29. The first-order chi connectivity index (χ1) is 12.5. The molecule has 7 heteroatoms. The van der Waals surface area contributed by atoms with Gasteiger partial charge in [-0.3, -0.25) is 0 Å². The Kier molecular flexibility index (Phi) is 4.58. The highest BCUT2D eigenvalue weighted by Gasteiger charge is 2.12. The fourth-order valence-electron chi connectivity index (χ4n) is 2.33. The first kappa shape index (κ1) is 17.0. The molecule has 0 atom stereocenters. The third kappa shape index (κ3) is 3.21. The number of halogens is 1. The number of hydrogen-bond donors (Lipinski definition) is 1. The van der Waals surface area contributed by atoms with E-state index in [1.54, 1.807) is 36.4 Å². The van der Waals surface area contributed by atoms with Crippen LogP contribution in [0.2, 0.25) is 5.02 Å². The topological polar surface area (TPSA) is 109 Å². The number of nitrogens with one attached hydrogen (secondary N) is 1. The van der Waals surface area contributed by atoms with E-state index >= 15 is 0 Å². The van der Waals surface area contributed by atoms with Gasteiger partial charge in [-0.05, 0) is 42.8 Å². The zero-order valence-corrected chi connectivity index (χ0v) is 14.3. The van der Waals surface area contributed by atoms with Gasteiger partial charge in [0.2, 0.25) is 5.89 Å².